The van der Waals surface area contributed by atoms with Gasteiger partial charge in [0.2, 0.25) is 5.78 Å². The van der Waals surface area contributed by atoms with E-state index in [1.165, 1.54) is 0 Å². The molecule has 129 valence electrons. The van der Waals surface area contributed by atoms with Gasteiger partial charge in [0.25, 0.3) is 0 Å². The zero-order chi connectivity index (χ0) is 18.2. The maximum Gasteiger partial charge on any atom is 0.416 e. The lowest BCUT2D eigenvalue weighted by Gasteiger charge is -2.09. The van der Waals surface area contributed by atoms with Crippen molar-refractivity contribution in [2.24, 2.45) is 7.05 Å². The Balaban J connectivity index is 0.00000100. The molecule has 0 spiro atoms. The molecule has 0 atom stereocenters. The molecule has 0 fully saturated rings. The number of aromatic nitrogens is 1. The first-order chi connectivity index (χ1) is 11.2. The van der Waals surface area contributed by atoms with Crippen LogP contribution in [0.4, 0.5) is 13.2 Å². The molecule has 1 aliphatic rings. The predicted molar refractivity (Wildman–Crippen MR) is 90.0 cm³/mol. The van der Waals surface area contributed by atoms with Crippen LogP contribution < -0.4 is 0 Å². The fourth-order valence-electron chi connectivity index (χ4n) is 2.77. The molecule has 1 heterocycles. The topological polar surface area (TPSA) is 22.0 Å². The number of alkyl halides is 3. The van der Waals surface area contributed by atoms with Crippen molar-refractivity contribution in [1.29, 1.82) is 0 Å². The van der Waals surface area contributed by atoms with E-state index >= 15 is 0 Å². The molecule has 1 aromatic carbocycles. The molecule has 0 N–H and O–H groups in total. The third-order valence-corrected chi connectivity index (χ3v) is 4.14. The van der Waals surface area contributed by atoms with E-state index in [2.05, 4.69) is 0 Å². The number of ketones is 1. The zero-order valence-electron chi connectivity index (χ0n) is 14.5. The average Bonchev–Trinajstić information content (AvgIpc) is 3.25. The van der Waals surface area contributed by atoms with Crippen LogP contribution in [0.15, 0.2) is 29.3 Å². The van der Waals surface area contributed by atoms with E-state index < -0.39 is 11.7 Å². The molecule has 1 aliphatic carbocycles. The predicted octanol–water partition coefficient (Wildman–Crippen LogP) is 5.64. The lowest BCUT2D eigenvalue weighted by Crippen LogP contribution is -2.07. The summed E-state index contributed by atoms with van der Waals surface area (Å²) in [6.07, 6.45) is -1.77. The van der Waals surface area contributed by atoms with Crippen LogP contribution in [0, 0.1) is 13.3 Å². The van der Waals surface area contributed by atoms with Gasteiger partial charge in [0, 0.05) is 29.9 Å². The van der Waals surface area contributed by atoms with Crippen LogP contribution in [-0.2, 0) is 13.2 Å². The van der Waals surface area contributed by atoms with Gasteiger partial charge in [0.1, 0.15) is 0 Å². The van der Waals surface area contributed by atoms with Crippen molar-refractivity contribution < 1.29 is 18.0 Å². The van der Waals surface area contributed by atoms with E-state index in [1.807, 2.05) is 27.2 Å². The molecule has 0 saturated heterocycles. The largest absolute Gasteiger partial charge is 0.416 e. The van der Waals surface area contributed by atoms with Crippen molar-refractivity contribution in [2.75, 3.05) is 0 Å². The number of aryl methyl sites for hydroxylation is 2. The van der Waals surface area contributed by atoms with Crippen LogP contribution in [-0.4, -0.2) is 10.4 Å². The highest BCUT2D eigenvalue weighted by molar-refractivity contribution is 6.16. The van der Waals surface area contributed by atoms with E-state index in [-0.39, 0.29) is 5.78 Å². The van der Waals surface area contributed by atoms with Crippen molar-refractivity contribution >= 4 is 16.7 Å². The number of rotatable bonds is 3. The Morgan fingerprint density at radius 1 is 1.17 bits per heavy atom. The molecule has 0 bridgehead atoms. The third kappa shape index (κ3) is 3.12. The van der Waals surface area contributed by atoms with E-state index in [4.69, 9.17) is 0 Å². The lowest BCUT2D eigenvalue weighted by molar-refractivity contribution is -0.137. The van der Waals surface area contributed by atoms with Crippen LogP contribution in [0.5, 0.6) is 0 Å². The van der Waals surface area contributed by atoms with E-state index in [9.17, 15) is 18.0 Å². The van der Waals surface area contributed by atoms with Gasteiger partial charge in [0.05, 0.1) is 11.3 Å². The SMILES string of the molecule is CC.CCC1=C(C(=O)c2cc3c(C)cc(C(F)(F)F)cc3n2C)[CH]1. The summed E-state index contributed by atoms with van der Waals surface area (Å²) in [5.74, 6) is -0.122. The summed E-state index contributed by atoms with van der Waals surface area (Å²) in [5, 5.41) is 0.679. The second kappa shape index (κ2) is 6.46. The number of hydrogen-bond donors (Lipinski definition) is 0. The molecule has 1 radical (unpaired) electrons. The van der Waals surface area contributed by atoms with Crippen LogP contribution in [0.2, 0.25) is 0 Å². The molecule has 1 aromatic heterocycles. The van der Waals surface area contributed by atoms with Gasteiger partial charge in [-0.1, -0.05) is 26.3 Å². The maximum absolute atomic E-state index is 12.9. The average molecular weight is 336 g/mol. The van der Waals surface area contributed by atoms with Gasteiger partial charge in [0.15, 0.2) is 0 Å². The molecular formula is C19H21F3NO. The first-order valence-corrected chi connectivity index (χ1v) is 8.04. The molecule has 2 nitrogen and oxygen atoms in total. The Morgan fingerprint density at radius 3 is 2.29 bits per heavy atom. The minimum Gasteiger partial charge on any atom is -0.341 e. The highest BCUT2D eigenvalue weighted by Crippen LogP contribution is 2.37. The van der Waals surface area contributed by atoms with Gasteiger partial charge in [-0.3, -0.25) is 4.79 Å². The molecule has 0 amide bonds. The number of allylic oxidation sites excluding steroid dienone is 2. The first kappa shape index (κ1) is 18.3. The highest BCUT2D eigenvalue weighted by atomic mass is 19.4. The molecule has 24 heavy (non-hydrogen) atoms. The van der Waals surface area contributed by atoms with E-state index in [1.54, 1.807) is 24.6 Å². The number of Topliss-reactive ketones (excluding diaryl/α,β-unsaturated/α-hetero) is 1. The van der Waals surface area contributed by atoms with Crippen LogP contribution in [0.3, 0.4) is 0 Å². The van der Waals surface area contributed by atoms with Crippen molar-refractivity contribution in [3.63, 3.8) is 0 Å². The number of carbonyl (C=O) groups is 1. The fraction of sp³-hybridized carbons (Fsp3) is 0.368. The van der Waals surface area contributed by atoms with Crippen LogP contribution >= 0.6 is 0 Å². The Bertz CT molecular complexity index is 825. The number of fused-ring (bicyclic) bond motifs is 1. The number of nitrogens with zero attached hydrogens (tertiary/aromatic N) is 1. The third-order valence-electron chi connectivity index (χ3n) is 4.14. The Hall–Kier alpha value is -2.04. The van der Waals surface area contributed by atoms with Crippen molar-refractivity contribution in [3.8, 4) is 0 Å². The van der Waals surface area contributed by atoms with Gasteiger partial charge >= 0.3 is 6.18 Å². The number of benzene rings is 1. The summed E-state index contributed by atoms with van der Waals surface area (Å²) in [6, 6.07) is 3.90. The van der Waals surface area contributed by atoms with Gasteiger partial charge in [-0.15, -0.1) is 0 Å². The Kier molecular flexibility index (Phi) is 4.92. The van der Waals surface area contributed by atoms with E-state index in [0.717, 1.165) is 24.1 Å². The second-order valence-electron chi connectivity index (χ2n) is 5.58. The summed E-state index contributed by atoms with van der Waals surface area (Å²) < 4.78 is 40.4. The Morgan fingerprint density at radius 2 is 1.79 bits per heavy atom. The number of carbonyl (C=O) groups excluding carboxylic acids is 1. The molecular weight excluding hydrogens is 315 g/mol. The molecule has 2 aromatic rings. The van der Waals surface area contributed by atoms with Crippen molar-refractivity contribution in [3.05, 3.63) is 52.6 Å². The minimum absolute atomic E-state index is 0.122. The van der Waals surface area contributed by atoms with Crippen molar-refractivity contribution in [1.82, 2.24) is 4.57 Å². The summed E-state index contributed by atoms with van der Waals surface area (Å²) >= 11 is 0. The van der Waals surface area contributed by atoms with Gasteiger partial charge in [-0.25, -0.2) is 0 Å². The highest BCUT2D eigenvalue weighted by Gasteiger charge is 2.33. The normalized spacial score (nSPS) is 13.8. The van der Waals surface area contributed by atoms with Gasteiger partial charge in [-0.05, 0) is 37.1 Å². The summed E-state index contributed by atoms with van der Waals surface area (Å²) in [5.41, 5.74) is 2.38. The van der Waals surface area contributed by atoms with E-state index in [0.29, 0.717) is 27.7 Å². The Labute approximate surface area is 140 Å². The quantitative estimate of drug-likeness (QED) is 0.665. The number of halogens is 3. The first-order valence-electron chi connectivity index (χ1n) is 8.04. The molecule has 0 unspecified atom stereocenters. The lowest BCUT2D eigenvalue weighted by atomic mass is 10.1. The molecule has 0 saturated carbocycles. The van der Waals surface area contributed by atoms with Crippen molar-refractivity contribution in [2.45, 2.75) is 40.3 Å². The smallest absolute Gasteiger partial charge is 0.341 e. The standard InChI is InChI=1S/C17H15F3NO.C2H6/c1-4-10-6-13(10)16(22)15-8-12-9(2)5-11(17(18,19)20)7-14(12)21(15)3;1-2/h5-8H,4H2,1-3H3;1-2H3. The molecule has 3 rings (SSSR count). The zero-order valence-corrected chi connectivity index (χ0v) is 14.5. The van der Waals surface area contributed by atoms with Gasteiger partial charge in [-0.2, -0.15) is 13.2 Å². The summed E-state index contributed by atoms with van der Waals surface area (Å²) in [6.45, 7) is 7.60. The second-order valence-corrected chi connectivity index (χ2v) is 5.58. The summed E-state index contributed by atoms with van der Waals surface area (Å²) in [7, 11) is 1.63. The van der Waals surface area contributed by atoms with Crippen LogP contribution in [0.1, 0.15) is 48.8 Å². The minimum atomic E-state index is -4.39. The van der Waals surface area contributed by atoms with Crippen LogP contribution in [0.25, 0.3) is 10.9 Å². The molecule has 5 heteroatoms. The summed E-state index contributed by atoms with van der Waals surface area (Å²) in [4.78, 5) is 12.4. The monoisotopic (exact) mass is 336 g/mol. The number of hydrogen-bond acceptors (Lipinski definition) is 1. The fourth-order valence-corrected chi connectivity index (χ4v) is 2.77. The van der Waals surface area contributed by atoms with Gasteiger partial charge < -0.3 is 4.57 Å². The maximum atomic E-state index is 12.9. The molecule has 0 aliphatic heterocycles.